The second kappa shape index (κ2) is 13.0. The molecule has 292 valence electrons. The normalized spacial score (nSPS) is 12.1. The Morgan fingerprint density at radius 3 is 1.79 bits per heavy atom. The third-order valence-corrected chi connectivity index (χ3v) is 13.1. The summed E-state index contributed by atoms with van der Waals surface area (Å²) < 4.78 is 11.2. The van der Waals surface area contributed by atoms with E-state index >= 15 is 0 Å². The zero-order valence-corrected chi connectivity index (χ0v) is 33.8. The molecule has 0 aliphatic carbocycles. The van der Waals surface area contributed by atoms with Crippen molar-refractivity contribution >= 4 is 98.0 Å². The van der Waals surface area contributed by atoms with E-state index in [1.165, 1.54) is 43.4 Å². The number of furan rings is 1. The summed E-state index contributed by atoms with van der Waals surface area (Å²) in [5.74, 6) is 0.684. The largest absolute Gasteiger partial charge is 0.456 e. The van der Waals surface area contributed by atoms with Crippen LogP contribution < -0.4 is 0 Å². The van der Waals surface area contributed by atoms with Gasteiger partial charge in [0.15, 0.2) is 5.82 Å². The molecule has 5 heteroatoms. The van der Waals surface area contributed by atoms with Crippen molar-refractivity contribution in [3.05, 3.63) is 206 Å². The molecule has 0 amide bonds. The molecule has 0 atom stereocenters. The molecule has 0 spiro atoms. The second-order valence-corrected chi connectivity index (χ2v) is 16.5. The van der Waals surface area contributed by atoms with Crippen LogP contribution in [0.5, 0.6) is 0 Å². The Hall–Kier alpha value is -8.54. The van der Waals surface area contributed by atoms with E-state index in [-0.39, 0.29) is 0 Å². The predicted octanol–water partition coefficient (Wildman–Crippen LogP) is 15.4. The van der Waals surface area contributed by atoms with Crippen LogP contribution >= 0.6 is 0 Å². The third kappa shape index (κ3) is 4.99. The van der Waals surface area contributed by atoms with Gasteiger partial charge in [0.05, 0.1) is 39.0 Å². The summed E-state index contributed by atoms with van der Waals surface area (Å²) in [6.07, 6.45) is 0. The van der Waals surface area contributed by atoms with Crippen LogP contribution in [0.2, 0.25) is 0 Å². The van der Waals surface area contributed by atoms with E-state index in [1.807, 2.05) is 18.2 Å². The summed E-state index contributed by atoms with van der Waals surface area (Å²) in [6, 6.07) is 73.8. The van der Waals surface area contributed by atoms with E-state index in [1.54, 1.807) is 0 Å². The molecule has 0 saturated heterocycles. The van der Waals surface area contributed by atoms with Gasteiger partial charge in [-0.1, -0.05) is 133 Å². The average Bonchev–Trinajstić information content (AvgIpc) is 3.99. The fourth-order valence-electron chi connectivity index (χ4n) is 10.3. The molecule has 0 radical (unpaired) electrons. The van der Waals surface area contributed by atoms with Gasteiger partial charge in [-0.15, -0.1) is 0 Å². The molecule has 0 fully saturated rings. The Bertz CT molecular complexity index is 4170. The minimum Gasteiger partial charge on any atom is -0.456 e. The smallest absolute Gasteiger partial charge is 0.161 e. The van der Waals surface area contributed by atoms with E-state index in [0.29, 0.717) is 5.82 Å². The lowest BCUT2D eigenvalue weighted by Crippen LogP contribution is -1.98. The summed E-state index contributed by atoms with van der Waals surface area (Å²) in [5.41, 5.74) is 12.5. The van der Waals surface area contributed by atoms with Gasteiger partial charge in [0.25, 0.3) is 0 Å². The van der Waals surface area contributed by atoms with Crippen LogP contribution in [0, 0.1) is 0 Å². The number of fused-ring (bicyclic) bond motifs is 12. The molecule has 0 aliphatic rings. The fraction of sp³-hybridized carbons (Fsp3) is 0. The van der Waals surface area contributed by atoms with Crippen molar-refractivity contribution in [1.82, 2.24) is 19.1 Å². The first-order chi connectivity index (χ1) is 31.2. The summed E-state index contributed by atoms with van der Waals surface area (Å²) in [7, 11) is 0. The van der Waals surface area contributed by atoms with Gasteiger partial charge in [0.2, 0.25) is 0 Å². The zero-order chi connectivity index (χ0) is 41.2. The Kier molecular flexibility index (Phi) is 7.05. The van der Waals surface area contributed by atoms with Crippen molar-refractivity contribution in [3.63, 3.8) is 0 Å². The van der Waals surface area contributed by atoms with Crippen LogP contribution in [0.1, 0.15) is 0 Å². The Morgan fingerprint density at radius 1 is 0.349 bits per heavy atom. The van der Waals surface area contributed by atoms with Gasteiger partial charge in [-0.2, -0.15) is 0 Å². The first-order valence-corrected chi connectivity index (χ1v) is 21.4. The van der Waals surface area contributed by atoms with Gasteiger partial charge in [0, 0.05) is 59.9 Å². The molecule has 10 aromatic carbocycles. The minimum atomic E-state index is 0.684. The molecule has 0 saturated carbocycles. The molecule has 0 aliphatic heterocycles. The van der Waals surface area contributed by atoms with Crippen LogP contribution in [0.3, 0.4) is 0 Å². The molecule has 0 unspecified atom stereocenters. The summed E-state index contributed by atoms with van der Waals surface area (Å²) in [4.78, 5) is 10.6. The maximum Gasteiger partial charge on any atom is 0.161 e. The van der Waals surface area contributed by atoms with Crippen LogP contribution in [0.25, 0.3) is 132 Å². The van der Waals surface area contributed by atoms with Crippen molar-refractivity contribution < 1.29 is 4.42 Å². The average molecular weight is 803 g/mol. The lowest BCUT2D eigenvalue weighted by Gasteiger charge is -2.15. The van der Waals surface area contributed by atoms with Gasteiger partial charge in [-0.25, -0.2) is 9.97 Å². The van der Waals surface area contributed by atoms with E-state index in [9.17, 15) is 0 Å². The number of para-hydroxylation sites is 5. The number of hydrogen-bond donors (Lipinski definition) is 0. The van der Waals surface area contributed by atoms with E-state index in [0.717, 1.165) is 82.8 Å². The maximum absolute atomic E-state index is 6.33. The van der Waals surface area contributed by atoms with Crippen molar-refractivity contribution in [2.75, 3.05) is 0 Å². The Morgan fingerprint density at radius 2 is 0.984 bits per heavy atom. The van der Waals surface area contributed by atoms with Crippen LogP contribution in [-0.2, 0) is 0 Å². The maximum atomic E-state index is 6.33. The molecular formula is C58H34N4O. The number of hydrogen-bond acceptors (Lipinski definition) is 3. The van der Waals surface area contributed by atoms with Crippen LogP contribution in [-0.4, -0.2) is 19.1 Å². The number of benzene rings is 10. The standard InChI is InChI=1S/C58H34N4O/c1-6-21-49-47(17-1)57(36-28-30-45-44-16-5-10-26-55(44)63-56(45)34-36)60-58(59-49)46-20-11-19-40-39(46)18-12-25-53(40)62-52-24-9-4-15-43(52)48-32-37-31-38(29-27-35(37)33-54(48)62)61-50-22-7-2-13-41(50)42-14-3-8-23-51(42)61/h1-34H. The van der Waals surface area contributed by atoms with Crippen molar-refractivity contribution in [3.8, 4) is 34.0 Å². The first-order valence-electron chi connectivity index (χ1n) is 21.4. The van der Waals surface area contributed by atoms with Gasteiger partial charge in [-0.05, 0) is 89.0 Å². The topological polar surface area (TPSA) is 48.8 Å². The SMILES string of the molecule is c1ccc2c(-c3ccc4c(c3)oc3ccccc34)nc(-c3cccc4c(-n5c6ccccc6c6cc7cc(-n8c9ccccc9c9ccccc98)ccc7cc65)cccc34)nc2c1. The van der Waals surface area contributed by atoms with Gasteiger partial charge < -0.3 is 13.6 Å². The molecule has 14 rings (SSSR count). The summed E-state index contributed by atoms with van der Waals surface area (Å²) >= 11 is 0. The van der Waals surface area contributed by atoms with Crippen molar-refractivity contribution in [1.29, 1.82) is 0 Å². The van der Waals surface area contributed by atoms with Gasteiger partial charge >= 0.3 is 0 Å². The zero-order valence-electron chi connectivity index (χ0n) is 33.8. The van der Waals surface area contributed by atoms with E-state index in [4.69, 9.17) is 14.4 Å². The third-order valence-electron chi connectivity index (χ3n) is 13.1. The van der Waals surface area contributed by atoms with Gasteiger partial charge in [0.1, 0.15) is 11.2 Å². The van der Waals surface area contributed by atoms with E-state index in [2.05, 4.69) is 197 Å². The van der Waals surface area contributed by atoms with Crippen LogP contribution in [0.4, 0.5) is 0 Å². The molecule has 4 heterocycles. The number of nitrogens with zero attached hydrogens (tertiary/aromatic N) is 4. The highest BCUT2D eigenvalue weighted by atomic mass is 16.3. The molecule has 0 bridgehead atoms. The molecule has 63 heavy (non-hydrogen) atoms. The highest BCUT2D eigenvalue weighted by Crippen LogP contribution is 2.41. The molecule has 0 N–H and O–H groups in total. The summed E-state index contributed by atoms with van der Waals surface area (Å²) in [6.45, 7) is 0. The molecule has 5 nitrogen and oxygen atoms in total. The number of rotatable bonds is 4. The predicted molar refractivity (Wildman–Crippen MR) is 261 cm³/mol. The highest BCUT2D eigenvalue weighted by molar-refractivity contribution is 6.16. The number of aromatic nitrogens is 4. The Balaban J connectivity index is 0.950. The summed E-state index contributed by atoms with van der Waals surface area (Å²) in [5, 5.41) is 12.8. The quantitative estimate of drug-likeness (QED) is 0.178. The molecule has 14 aromatic rings. The van der Waals surface area contributed by atoms with E-state index < -0.39 is 0 Å². The van der Waals surface area contributed by atoms with Crippen molar-refractivity contribution in [2.24, 2.45) is 0 Å². The minimum absolute atomic E-state index is 0.684. The second-order valence-electron chi connectivity index (χ2n) is 16.5. The Labute approximate surface area is 360 Å². The lowest BCUT2D eigenvalue weighted by molar-refractivity contribution is 0.669. The molecule has 4 aromatic heterocycles. The lowest BCUT2D eigenvalue weighted by atomic mass is 10.0. The first kappa shape index (κ1) is 34.2. The monoisotopic (exact) mass is 802 g/mol. The molecular weight excluding hydrogens is 769 g/mol. The highest BCUT2D eigenvalue weighted by Gasteiger charge is 2.20. The van der Waals surface area contributed by atoms with Crippen LogP contribution in [0.15, 0.2) is 211 Å². The fourth-order valence-corrected chi connectivity index (χ4v) is 10.3. The van der Waals surface area contributed by atoms with Gasteiger partial charge in [-0.3, -0.25) is 0 Å². The van der Waals surface area contributed by atoms with Crippen molar-refractivity contribution in [2.45, 2.75) is 0 Å².